The zero-order chi connectivity index (χ0) is 12.4. The fourth-order valence-electron chi connectivity index (χ4n) is 1.77. The first kappa shape index (κ1) is 11.6. The molecule has 0 fully saturated rings. The van der Waals surface area contributed by atoms with Gasteiger partial charge in [-0.15, -0.1) is 0 Å². The van der Waals surface area contributed by atoms with Gasteiger partial charge in [-0.25, -0.2) is 9.78 Å². The molecule has 17 heavy (non-hydrogen) atoms. The monoisotopic (exact) mass is 236 g/mol. The highest BCUT2D eigenvalue weighted by molar-refractivity contribution is 6.01. The summed E-state index contributed by atoms with van der Waals surface area (Å²) in [5.74, 6) is -1.06. The second kappa shape index (κ2) is 4.52. The molecule has 0 saturated carbocycles. The Morgan fingerprint density at radius 1 is 1.35 bits per heavy atom. The summed E-state index contributed by atoms with van der Waals surface area (Å²) in [5.41, 5.74) is 1.04. The van der Waals surface area contributed by atoms with E-state index in [1.54, 1.807) is 12.1 Å². The van der Waals surface area contributed by atoms with Crippen molar-refractivity contribution >= 4 is 17.0 Å². The van der Waals surface area contributed by atoms with E-state index >= 15 is 0 Å². The Labute approximate surface area is 96.8 Å². The van der Waals surface area contributed by atoms with Gasteiger partial charge in [0.05, 0.1) is 42.2 Å². The van der Waals surface area contributed by atoms with E-state index in [1.807, 2.05) is 0 Å². The van der Waals surface area contributed by atoms with Crippen molar-refractivity contribution in [1.29, 1.82) is 0 Å². The molecule has 0 atom stereocenters. The molecule has 3 N–H and O–H groups in total. The molecule has 6 heteroatoms. The quantitative estimate of drug-likeness (QED) is 0.707. The second-order valence-corrected chi connectivity index (χ2v) is 3.65. The van der Waals surface area contributed by atoms with Gasteiger partial charge in [0.1, 0.15) is 0 Å². The number of aliphatic hydroxyl groups is 2. The van der Waals surface area contributed by atoms with Gasteiger partial charge in [0, 0.05) is 0 Å². The van der Waals surface area contributed by atoms with Gasteiger partial charge < -0.3 is 19.9 Å². The molecule has 0 amide bonds. The number of hydrogen-bond donors (Lipinski definition) is 3. The summed E-state index contributed by atoms with van der Waals surface area (Å²) in [6.07, 6.45) is 1.42. The fourth-order valence-corrected chi connectivity index (χ4v) is 1.77. The van der Waals surface area contributed by atoms with Crippen molar-refractivity contribution in [2.24, 2.45) is 0 Å². The van der Waals surface area contributed by atoms with E-state index < -0.39 is 12.0 Å². The Bertz CT molecular complexity index is 545. The number of carbonyl (C=O) groups is 1. The lowest BCUT2D eigenvalue weighted by Gasteiger charge is -2.14. The molecule has 90 valence electrons. The van der Waals surface area contributed by atoms with Crippen LogP contribution in [0.3, 0.4) is 0 Å². The average Bonchev–Trinajstić information content (AvgIpc) is 2.75. The van der Waals surface area contributed by atoms with E-state index in [0.29, 0.717) is 11.0 Å². The second-order valence-electron chi connectivity index (χ2n) is 3.65. The van der Waals surface area contributed by atoms with Gasteiger partial charge in [-0.2, -0.15) is 0 Å². The SMILES string of the molecule is O=C(O)c1cccc2ncn(C(CO)CO)c12. The third-order valence-electron chi connectivity index (χ3n) is 2.64. The van der Waals surface area contributed by atoms with Gasteiger partial charge in [0.2, 0.25) is 0 Å². The summed E-state index contributed by atoms with van der Waals surface area (Å²) < 4.78 is 1.48. The number of benzene rings is 1. The van der Waals surface area contributed by atoms with Crippen LogP contribution in [-0.4, -0.2) is 44.1 Å². The first-order valence-electron chi connectivity index (χ1n) is 5.09. The zero-order valence-corrected chi connectivity index (χ0v) is 8.95. The van der Waals surface area contributed by atoms with Gasteiger partial charge >= 0.3 is 5.97 Å². The molecule has 0 aliphatic carbocycles. The topological polar surface area (TPSA) is 95.6 Å². The van der Waals surface area contributed by atoms with Gasteiger partial charge in [0.25, 0.3) is 0 Å². The maximum atomic E-state index is 11.1. The summed E-state index contributed by atoms with van der Waals surface area (Å²) in [4.78, 5) is 15.2. The number of nitrogens with zero attached hydrogens (tertiary/aromatic N) is 2. The third-order valence-corrected chi connectivity index (χ3v) is 2.64. The van der Waals surface area contributed by atoms with Crippen molar-refractivity contribution in [2.45, 2.75) is 6.04 Å². The summed E-state index contributed by atoms with van der Waals surface area (Å²) in [5, 5.41) is 27.3. The van der Waals surface area contributed by atoms with Crippen LogP contribution in [0.5, 0.6) is 0 Å². The highest BCUT2D eigenvalue weighted by atomic mass is 16.4. The van der Waals surface area contributed by atoms with Crippen molar-refractivity contribution in [3.05, 3.63) is 30.1 Å². The minimum Gasteiger partial charge on any atom is -0.478 e. The Hall–Kier alpha value is -1.92. The molecule has 0 aliphatic rings. The molecular formula is C11H12N2O4. The van der Waals surface area contributed by atoms with Crippen LogP contribution < -0.4 is 0 Å². The molecule has 2 rings (SSSR count). The van der Waals surface area contributed by atoms with Gasteiger partial charge in [-0.3, -0.25) is 0 Å². The van der Waals surface area contributed by atoms with Crippen LogP contribution in [0.1, 0.15) is 16.4 Å². The van der Waals surface area contributed by atoms with Gasteiger partial charge in [-0.1, -0.05) is 6.07 Å². The van der Waals surface area contributed by atoms with Crippen molar-refractivity contribution in [1.82, 2.24) is 9.55 Å². The standard InChI is InChI=1S/C11H12N2O4/c14-4-7(5-15)13-6-12-9-3-1-2-8(10(9)13)11(16)17/h1-3,6-7,14-15H,4-5H2,(H,16,17). The lowest BCUT2D eigenvalue weighted by Crippen LogP contribution is -2.17. The minimum atomic E-state index is -1.06. The fraction of sp³-hybridized carbons (Fsp3) is 0.273. The van der Waals surface area contributed by atoms with Crippen molar-refractivity contribution in [2.75, 3.05) is 13.2 Å². The Morgan fingerprint density at radius 3 is 2.65 bits per heavy atom. The van der Waals surface area contributed by atoms with Crippen LogP contribution in [0.2, 0.25) is 0 Å². The average molecular weight is 236 g/mol. The van der Waals surface area contributed by atoms with Crippen molar-refractivity contribution in [3.8, 4) is 0 Å². The number of carboxylic acid groups (broad SMARTS) is 1. The predicted octanol–water partition coefficient (Wildman–Crippen LogP) is 0.260. The zero-order valence-electron chi connectivity index (χ0n) is 8.95. The maximum Gasteiger partial charge on any atom is 0.337 e. The first-order chi connectivity index (χ1) is 8.19. The molecule has 1 aromatic carbocycles. The summed E-state index contributed by atoms with van der Waals surface area (Å²) >= 11 is 0. The van der Waals surface area contributed by atoms with Crippen LogP contribution in [0.4, 0.5) is 0 Å². The number of aromatic carboxylic acids is 1. The van der Waals surface area contributed by atoms with E-state index in [1.165, 1.54) is 17.0 Å². The third kappa shape index (κ3) is 1.88. The molecule has 1 aromatic heterocycles. The lowest BCUT2D eigenvalue weighted by atomic mass is 10.1. The number of para-hydroxylation sites is 1. The number of hydrogen-bond acceptors (Lipinski definition) is 4. The largest absolute Gasteiger partial charge is 0.478 e. The van der Waals surface area contributed by atoms with Crippen LogP contribution in [0.15, 0.2) is 24.5 Å². The number of fused-ring (bicyclic) bond motifs is 1. The van der Waals surface area contributed by atoms with Crippen LogP contribution in [-0.2, 0) is 0 Å². The molecule has 1 heterocycles. The molecule has 0 spiro atoms. The van der Waals surface area contributed by atoms with Crippen molar-refractivity contribution in [3.63, 3.8) is 0 Å². The Kier molecular flexibility index (Phi) is 3.08. The Balaban J connectivity index is 2.68. The number of carboxylic acids is 1. The minimum absolute atomic E-state index is 0.104. The van der Waals surface area contributed by atoms with E-state index in [0.717, 1.165) is 0 Å². The van der Waals surface area contributed by atoms with E-state index in [-0.39, 0.29) is 18.8 Å². The van der Waals surface area contributed by atoms with E-state index in [4.69, 9.17) is 15.3 Å². The van der Waals surface area contributed by atoms with Crippen LogP contribution >= 0.6 is 0 Å². The highest BCUT2D eigenvalue weighted by Crippen LogP contribution is 2.21. The molecule has 0 bridgehead atoms. The maximum absolute atomic E-state index is 11.1. The smallest absolute Gasteiger partial charge is 0.337 e. The molecule has 0 unspecified atom stereocenters. The normalized spacial score (nSPS) is 11.2. The molecule has 0 radical (unpaired) electrons. The molecule has 2 aromatic rings. The summed E-state index contributed by atoms with van der Waals surface area (Å²) in [6, 6.07) is 4.18. The summed E-state index contributed by atoms with van der Waals surface area (Å²) in [6.45, 7) is -0.564. The molecular weight excluding hydrogens is 224 g/mol. The number of imidazole rings is 1. The van der Waals surface area contributed by atoms with Crippen LogP contribution in [0.25, 0.3) is 11.0 Å². The summed E-state index contributed by atoms with van der Waals surface area (Å²) in [7, 11) is 0. The van der Waals surface area contributed by atoms with Gasteiger partial charge in [0.15, 0.2) is 0 Å². The number of aromatic nitrogens is 2. The van der Waals surface area contributed by atoms with E-state index in [9.17, 15) is 4.79 Å². The molecule has 6 nitrogen and oxygen atoms in total. The van der Waals surface area contributed by atoms with Gasteiger partial charge in [-0.05, 0) is 12.1 Å². The van der Waals surface area contributed by atoms with Crippen LogP contribution in [0, 0.1) is 0 Å². The molecule has 0 aliphatic heterocycles. The molecule has 0 saturated heterocycles. The van der Waals surface area contributed by atoms with E-state index in [2.05, 4.69) is 4.98 Å². The lowest BCUT2D eigenvalue weighted by molar-refractivity contribution is 0.0697. The number of aliphatic hydroxyl groups excluding tert-OH is 2. The highest BCUT2D eigenvalue weighted by Gasteiger charge is 2.17. The Morgan fingerprint density at radius 2 is 2.06 bits per heavy atom. The first-order valence-corrected chi connectivity index (χ1v) is 5.09. The predicted molar refractivity (Wildman–Crippen MR) is 59.9 cm³/mol. The van der Waals surface area contributed by atoms with Crippen molar-refractivity contribution < 1.29 is 20.1 Å². The number of rotatable bonds is 4.